The van der Waals surface area contributed by atoms with Crippen molar-refractivity contribution in [1.29, 1.82) is 0 Å². The van der Waals surface area contributed by atoms with Crippen LogP contribution in [0.25, 0.3) is 0 Å². The minimum atomic E-state index is 0.375. The zero-order valence-electron chi connectivity index (χ0n) is 12.0. The Labute approximate surface area is 129 Å². The molecule has 104 valence electrons. The Kier molecular flexibility index (Phi) is 3.95. The van der Waals surface area contributed by atoms with Crippen molar-refractivity contribution in [3.63, 3.8) is 0 Å². The van der Waals surface area contributed by atoms with Crippen LogP contribution in [0.2, 0.25) is 0 Å². The molecule has 0 aliphatic heterocycles. The molecule has 1 aliphatic carbocycles. The summed E-state index contributed by atoms with van der Waals surface area (Å²) in [6.45, 7) is 4.42. The van der Waals surface area contributed by atoms with E-state index in [1.807, 2.05) is 0 Å². The van der Waals surface area contributed by atoms with Crippen LogP contribution < -0.4 is 5.32 Å². The minimum Gasteiger partial charge on any atom is -0.303 e. The maximum absolute atomic E-state index is 3.78. The monoisotopic (exact) mass is 329 g/mol. The normalized spacial score (nSPS) is 18.9. The van der Waals surface area contributed by atoms with Crippen LogP contribution in [-0.4, -0.2) is 0 Å². The van der Waals surface area contributed by atoms with Gasteiger partial charge in [-0.2, -0.15) is 0 Å². The molecule has 0 aromatic heterocycles. The number of benzene rings is 2. The minimum absolute atomic E-state index is 0.375. The second-order valence-corrected chi connectivity index (χ2v) is 6.65. The molecule has 1 nitrogen and oxygen atoms in total. The van der Waals surface area contributed by atoms with Gasteiger partial charge in [-0.1, -0.05) is 51.8 Å². The van der Waals surface area contributed by atoms with Crippen molar-refractivity contribution in [2.75, 3.05) is 0 Å². The number of nitrogens with one attached hydrogen (secondary N) is 1. The van der Waals surface area contributed by atoms with Crippen LogP contribution >= 0.6 is 15.9 Å². The molecule has 2 unspecified atom stereocenters. The van der Waals surface area contributed by atoms with Crippen LogP contribution in [0.5, 0.6) is 0 Å². The first kappa shape index (κ1) is 13.8. The average molecular weight is 330 g/mol. The highest BCUT2D eigenvalue weighted by Crippen LogP contribution is 2.33. The molecule has 2 aromatic rings. The molecule has 0 radical (unpaired) electrons. The van der Waals surface area contributed by atoms with E-state index in [4.69, 9.17) is 0 Å². The fourth-order valence-electron chi connectivity index (χ4n) is 3.04. The molecule has 0 fully saturated rings. The zero-order valence-corrected chi connectivity index (χ0v) is 13.6. The van der Waals surface area contributed by atoms with Gasteiger partial charge in [-0.15, -0.1) is 0 Å². The lowest BCUT2D eigenvalue weighted by Crippen LogP contribution is -2.23. The molecule has 0 heterocycles. The Bertz CT molecular complexity index is 603. The molecule has 3 rings (SSSR count). The molecule has 0 spiro atoms. The Hall–Kier alpha value is -1.12. The van der Waals surface area contributed by atoms with Crippen molar-refractivity contribution >= 4 is 15.9 Å². The van der Waals surface area contributed by atoms with Gasteiger partial charge in [-0.25, -0.2) is 0 Å². The summed E-state index contributed by atoms with van der Waals surface area (Å²) in [7, 11) is 0. The Balaban J connectivity index is 1.76. The van der Waals surface area contributed by atoms with E-state index < -0.39 is 0 Å². The lowest BCUT2D eigenvalue weighted by atomic mass is 10.0. The quantitative estimate of drug-likeness (QED) is 0.826. The van der Waals surface area contributed by atoms with Gasteiger partial charge in [0.1, 0.15) is 0 Å². The highest BCUT2D eigenvalue weighted by atomic mass is 79.9. The first-order chi connectivity index (χ1) is 9.63. The molecule has 0 amide bonds. The Morgan fingerprint density at radius 1 is 1.15 bits per heavy atom. The van der Waals surface area contributed by atoms with Gasteiger partial charge in [0.2, 0.25) is 0 Å². The smallest absolute Gasteiger partial charge is 0.0331 e. The van der Waals surface area contributed by atoms with Crippen molar-refractivity contribution in [1.82, 2.24) is 5.32 Å². The summed E-state index contributed by atoms with van der Waals surface area (Å²) in [5, 5.41) is 3.78. The van der Waals surface area contributed by atoms with E-state index in [9.17, 15) is 0 Å². The maximum Gasteiger partial charge on any atom is 0.0331 e. The van der Waals surface area contributed by atoms with Crippen LogP contribution in [0.3, 0.4) is 0 Å². The molecule has 2 heteroatoms. The topological polar surface area (TPSA) is 12.0 Å². The first-order valence-corrected chi connectivity index (χ1v) is 8.04. The summed E-state index contributed by atoms with van der Waals surface area (Å²) >= 11 is 3.49. The second kappa shape index (κ2) is 5.71. The summed E-state index contributed by atoms with van der Waals surface area (Å²) in [6, 6.07) is 16.3. The number of hydrogen-bond donors (Lipinski definition) is 1. The van der Waals surface area contributed by atoms with E-state index in [0.717, 1.165) is 4.47 Å². The van der Waals surface area contributed by atoms with Crippen LogP contribution in [0.4, 0.5) is 0 Å². The van der Waals surface area contributed by atoms with Crippen molar-refractivity contribution in [3.8, 4) is 0 Å². The Morgan fingerprint density at radius 2 is 1.90 bits per heavy atom. The van der Waals surface area contributed by atoms with Gasteiger partial charge in [-0.05, 0) is 55.5 Å². The van der Waals surface area contributed by atoms with Crippen molar-refractivity contribution < 1.29 is 0 Å². The van der Waals surface area contributed by atoms with E-state index in [0.29, 0.717) is 12.1 Å². The second-order valence-electron chi connectivity index (χ2n) is 5.73. The van der Waals surface area contributed by atoms with Crippen molar-refractivity contribution in [2.24, 2.45) is 0 Å². The SMILES string of the molecule is Cc1ccc2c(c1)C(NC(C)c1ccc(Br)cc1)CC2. The molecule has 1 aliphatic rings. The largest absolute Gasteiger partial charge is 0.303 e. The third kappa shape index (κ3) is 2.82. The van der Waals surface area contributed by atoms with Crippen LogP contribution in [0.1, 0.15) is 47.7 Å². The summed E-state index contributed by atoms with van der Waals surface area (Å²) in [6.07, 6.45) is 2.40. The van der Waals surface area contributed by atoms with E-state index in [2.05, 4.69) is 77.6 Å². The molecule has 2 atom stereocenters. The van der Waals surface area contributed by atoms with Crippen molar-refractivity contribution in [2.45, 2.75) is 38.8 Å². The van der Waals surface area contributed by atoms with E-state index in [1.165, 1.54) is 35.1 Å². The van der Waals surface area contributed by atoms with Gasteiger partial charge in [0.25, 0.3) is 0 Å². The predicted molar refractivity (Wildman–Crippen MR) is 87.9 cm³/mol. The van der Waals surface area contributed by atoms with Gasteiger partial charge in [0.05, 0.1) is 0 Å². The van der Waals surface area contributed by atoms with Gasteiger partial charge >= 0.3 is 0 Å². The molecule has 0 saturated heterocycles. The van der Waals surface area contributed by atoms with Crippen LogP contribution in [-0.2, 0) is 6.42 Å². The summed E-state index contributed by atoms with van der Waals surface area (Å²) in [4.78, 5) is 0. The molecule has 1 N–H and O–H groups in total. The fourth-order valence-corrected chi connectivity index (χ4v) is 3.31. The van der Waals surface area contributed by atoms with E-state index in [1.54, 1.807) is 0 Å². The molecular formula is C18H20BrN. The fraction of sp³-hybridized carbons (Fsp3) is 0.333. The molecule has 2 aromatic carbocycles. The molecular weight excluding hydrogens is 310 g/mol. The van der Waals surface area contributed by atoms with Crippen LogP contribution in [0.15, 0.2) is 46.9 Å². The lowest BCUT2D eigenvalue weighted by molar-refractivity contribution is 0.465. The van der Waals surface area contributed by atoms with Gasteiger partial charge in [-0.3, -0.25) is 0 Å². The number of halogens is 1. The maximum atomic E-state index is 3.78. The number of fused-ring (bicyclic) bond motifs is 1. The lowest BCUT2D eigenvalue weighted by Gasteiger charge is -2.21. The zero-order chi connectivity index (χ0) is 14.1. The van der Waals surface area contributed by atoms with Crippen molar-refractivity contribution in [3.05, 3.63) is 69.2 Å². The van der Waals surface area contributed by atoms with Gasteiger partial charge in [0.15, 0.2) is 0 Å². The molecule has 0 bridgehead atoms. The standard InChI is InChI=1S/C18H20BrN/c1-12-3-4-15-7-10-18(17(15)11-12)20-13(2)14-5-8-16(19)9-6-14/h3-6,8-9,11,13,18,20H,7,10H2,1-2H3. The average Bonchev–Trinajstić information content (AvgIpc) is 2.82. The van der Waals surface area contributed by atoms with E-state index in [-0.39, 0.29) is 0 Å². The highest BCUT2D eigenvalue weighted by molar-refractivity contribution is 9.10. The van der Waals surface area contributed by atoms with Crippen LogP contribution in [0, 0.1) is 6.92 Å². The summed E-state index contributed by atoms with van der Waals surface area (Å²) in [5.41, 5.74) is 5.70. The third-order valence-corrected chi connectivity index (χ3v) is 4.73. The summed E-state index contributed by atoms with van der Waals surface area (Å²) in [5.74, 6) is 0. The van der Waals surface area contributed by atoms with Gasteiger partial charge < -0.3 is 5.32 Å². The van der Waals surface area contributed by atoms with Gasteiger partial charge in [0, 0.05) is 16.6 Å². The molecule has 20 heavy (non-hydrogen) atoms. The Morgan fingerprint density at radius 3 is 2.65 bits per heavy atom. The third-order valence-electron chi connectivity index (χ3n) is 4.20. The summed E-state index contributed by atoms with van der Waals surface area (Å²) < 4.78 is 1.13. The van der Waals surface area contributed by atoms with E-state index >= 15 is 0 Å². The molecule has 0 saturated carbocycles. The number of rotatable bonds is 3. The number of aryl methyl sites for hydroxylation is 2. The first-order valence-electron chi connectivity index (χ1n) is 7.24. The number of hydrogen-bond acceptors (Lipinski definition) is 1. The highest BCUT2D eigenvalue weighted by Gasteiger charge is 2.23. The predicted octanol–water partition coefficient (Wildman–Crippen LogP) is 5.10.